The number of nitrogens with zero attached hydrogens (tertiary/aromatic N) is 1. The van der Waals surface area contributed by atoms with Gasteiger partial charge in [-0.25, -0.2) is 0 Å². The highest BCUT2D eigenvalue weighted by atomic mass is 79.9. The Labute approximate surface area is 117 Å². The number of hydrogen-bond acceptors (Lipinski definition) is 1. The molecule has 1 amide bonds. The van der Waals surface area contributed by atoms with Gasteiger partial charge in [0.15, 0.2) is 0 Å². The summed E-state index contributed by atoms with van der Waals surface area (Å²) in [6.45, 7) is 0.471. The van der Waals surface area contributed by atoms with Gasteiger partial charge in [-0.1, -0.05) is 6.42 Å². The lowest BCUT2D eigenvalue weighted by Crippen LogP contribution is -2.30. The van der Waals surface area contributed by atoms with Gasteiger partial charge >= 0.3 is 6.18 Å². The van der Waals surface area contributed by atoms with Crippen molar-refractivity contribution in [3.63, 3.8) is 0 Å². The van der Waals surface area contributed by atoms with Gasteiger partial charge in [0.2, 0.25) is 5.91 Å². The van der Waals surface area contributed by atoms with Crippen molar-refractivity contribution in [2.24, 2.45) is 0 Å². The van der Waals surface area contributed by atoms with Crippen molar-refractivity contribution in [1.82, 2.24) is 0 Å². The maximum Gasteiger partial charge on any atom is 0.416 e. The molecule has 1 aliphatic rings. The number of hydrogen-bond donors (Lipinski definition) is 0. The van der Waals surface area contributed by atoms with E-state index < -0.39 is 11.7 Å². The molecule has 0 spiro atoms. The van der Waals surface area contributed by atoms with Crippen LogP contribution in [0.5, 0.6) is 0 Å². The minimum Gasteiger partial charge on any atom is -0.311 e. The number of carbonyl (C=O) groups is 1. The van der Waals surface area contributed by atoms with Gasteiger partial charge < -0.3 is 4.90 Å². The van der Waals surface area contributed by atoms with E-state index in [1.807, 2.05) is 0 Å². The third-order valence-electron chi connectivity index (χ3n) is 3.14. The second-order valence-corrected chi connectivity index (χ2v) is 5.37. The average Bonchev–Trinajstić information content (AvgIpc) is 2.53. The number of rotatable bonds is 1. The van der Waals surface area contributed by atoms with Crippen LogP contribution >= 0.6 is 15.9 Å². The quantitative estimate of drug-likeness (QED) is 0.746. The van der Waals surface area contributed by atoms with Crippen LogP contribution in [0.2, 0.25) is 0 Å². The van der Waals surface area contributed by atoms with Crippen LogP contribution in [0.15, 0.2) is 22.7 Å². The molecule has 19 heavy (non-hydrogen) atoms. The van der Waals surface area contributed by atoms with Crippen LogP contribution in [0.4, 0.5) is 18.9 Å². The molecule has 0 atom stereocenters. The molecule has 0 saturated carbocycles. The molecule has 0 unspecified atom stereocenters. The van der Waals surface area contributed by atoms with Gasteiger partial charge in [0.05, 0.1) is 11.3 Å². The minimum atomic E-state index is -4.40. The van der Waals surface area contributed by atoms with Crippen molar-refractivity contribution < 1.29 is 18.0 Å². The molecule has 0 radical (unpaired) electrons. The van der Waals surface area contributed by atoms with E-state index in [1.165, 1.54) is 11.0 Å². The molecule has 104 valence electrons. The van der Waals surface area contributed by atoms with Crippen LogP contribution in [-0.2, 0) is 11.0 Å². The summed E-state index contributed by atoms with van der Waals surface area (Å²) in [5.74, 6) is -0.113. The lowest BCUT2D eigenvalue weighted by atomic mass is 10.1. The number of amides is 1. The number of anilines is 1. The molecule has 0 aliphatic carbocycles. The first-order chi connectivity index (χ1) is 8.89. The first-order valence-electron chi connectivity index (χ1n) is 6.07. The summed E-state index contributed by atoms with van der Waals surface area (Å²) in [6, 6.07) is 3.39. The molecular weight excluding hydrogens is 323 g/mol. The molecule has 0 N–H and O–H groups in total. The van der Waals surface area contributed by atoms with Crippen molar-refractivity contribution >= 4 is 27.5 Å². The Morgan fingerprint density at radius 1 is 1.16 bits per heavy atom. The fourth-order valence-electron chi connectivity index (χ4n) is 2.13. The van der Waals surface area contributed by atoms with Crippen molar-refractivity contribution in [3.8, 4) is 0 Å². The summed E-state index contributed by atoms with van der Waals surface area (Å²) in [5.41, 5.74) is -0.426. The Hall–Kier alpha value is -1.04. The van der Waals surface area contributed by atoms with E-state index in [4.69, 9.17) is 0 Å². The number of carbonyl (C=O) groups excluding carboxylic acids is 1. The van der Waals surface area contributed by atoms with E-state index in [0.29, 0.717) is 23.1 Å². The third kappa shape index (κ3) is 3.29. The predicted molar refractivity (Wildman–Crippen MR) is 70.0 cm³/mol. The second-order valence-electron chi connectivity index (χ2n) is 4.52. The predicted octanol–water partition coefficient (Wildman–Crippen LogP) is 4.37. The summed E-state index contributed by atoms with van der Waals surface area (Å²) in [6.07, 6.45) is -1.47. The van der Waals surface area contributed by atoms with Crippen molar-refractivity contribution in [2.75, 3.05) is 11.4 Å². The van der Waals surface area contributed by atoms with Gasteiger partial charge in [-0.05, 0) is 47.0 Å². The maximum atomic E-state index is 12.7. The SMILES string of the molecule is O=C1CCCCCN1c1cc(C(F)(F)F)ccc1Br. The van der Waals surface area contributed by atoms with Crippen molar-refractivity contribution in [2.45, 2.75) is 31.9 Å². The highest BCUT2D eigenvalue weighted by Crippen LogP contribution is 2.36. The largest absolute Gasteiger partial charge is 0.416 e. The lowest BCUT2D eigenvalue weighted by Gasteiger charge is -2.23. The first kappa shape index (κ1) is 14.4. The molecular formula is C13H13BrF3NO. The number of benzene rings is 1. The van der Waals surface area contributed by atoms with Gasteiger partial charge in [-0.3, -0.25) is 4.79 Å². The van der Waals surface area contributed by atoms with Crippen molar-refractivity contribution in [1.29, 1.82) is 0 Å². The molecule has 1 fully saturated rings. The molecule has 2 rings (SSSR count). The third-order valence-corrected chi connectivity index (χ3v) is 3.81. The monoisotopic (exact) mass is 335 g/mol. The Bertz CT molecular complexity index is 487. The van der Waals surface area contributed by atoms with Crippen LogP contribution in [0, 0.1) is 0 Å². The summed E-state index contributed by atoms with van der Waals surface area (Å²) in [7, 11) is 0. The van der Waals surface area contributed by atoms with E-state index in [1.54, 1.807) is 0 Å². The minimum absolute atomic E-state index is 0.113. The molecule has 1 saturated heterocycles. The van der Waals surface area contributed by atoms with E-state index in [9.17, 15) is 18.0 Å². The Morgan fingerprint density at radius 2 is 1.89 bits per heavy atom. The van der Waals surface area contributed by atoms with E-state index >= 15 is 0 Å². The second kappa shape index (κ2) is 5.53. The first-order valence-corrected chi connectivity index (χ1v) is 6.86. The Morgan fingerprint density at radius 3 is 2.58 bits per heavy atom. The summed E-state index contributed by atoms with van der Waals surface area (Å²) >= 11 is 3.22. The maximum absolute atomic E-state index is 12.7. The topological polar surface area (TPSA) is 20.3 Å². The van der Waals surface area contributed by atoms with Crippen LogP contribution in [-0.4, -0.2) is 12.5 Å². The molecule has 1 heterocycles. The smallest absolute Gasteiger partial charge is 0.311 e. The van der Waals surface area contributed by atoms with Gasteiger partial charge in [0.25, 0.3) is 0 Å². The lowest BCUT2D eigenvalue weighted by molar-refractivity contribution is -0.137. The highest BCUT2D eigenvalue weighted by Gasteiger charge is 2.32. The fraction of sp³-hybridized carbons (Fsp3) is 0.462. The Balaban J connectivity index is 2.39. The normalized spacial score (nSPS) is 17.5. The standard InChI is InChI=1S/C13H13BrF3NO/c14-10-6-5-9(13(15,16)17)8-11(10)18-7-3-1-2-4-12(18)19/h5-6,8H,1-4,7H2. The van der Waals surface area contributed by atoms with E-state index in [2.05, 4.69) is 15.9 Å². The molecule has 1 aromatic carbocycles. The number of alkyl halides is 3. The zero-order valence-electron chi connectivity index (χ0n) is 10.1. The fourth-order valence-corrected chi connectivity index (χ4v) is 2.59. The zero-order valence-corrected chi connectivity index (χ0v) is 11.7. The molecule has 2 nitrogen and oxygen atoms in total. The Kier molecular flexibility index (Phi) is 4.18. The van der Waals surface area contributed by atoms with Crippen LogP contribution in [0.25, 0.3) is 0 Å². The van der Waals surface area contributed by atoms with Crippen molar-refractivity contribution in [3.05, 3.63) is 28.2 Å². The van der Waals surface area contributed by atoms with Crippen LogP contribution < -0.4 is 4.90 Å². The van der Waals surface area contributed by atoms with Crippen LogP contribution in [0.3, 0.4) is 0 Å². The summed E-state index contributed by atoms with van der Waals surface area (Å²) < 4.78 is 38.7. The van der Waals surface area contributed by atoms with Gasteiger partial charge in [0.1, 0.15) is 0 Å². The van der Waals surface area contributed by atoms with Crippen LogP contribution in [0.1, 0.15) is 31.2 Å². The summed E-state index contributed by atoms with van der Waals surface area (Å²) in [5, 5.41) is 0. The summed E-state index contributed by atoms with van der Waals surface area (Å²) in [4.78, 5) is 13.4. The molecule has 1 aliphatic heterocycles. The van der Waals surface area contributed by atoms with Gasteiger partial charge in [0, 0.05) is 17.4 Å². The zero-order chi connectivity index (χ0) is 14.0. The number of halogens is 4. The molecule has 6 heteroatoms. The molecule has 1 aromatic rings. The van der Waals surface area contributed by atoms with E-state index in [0.717, 1.165) is 31.4 Å². The molecule has 0 bridgehead atoms. The molecule has 0 aromatic heterocycles. The average molecular weight is 336 g/mol. The van der Waals surface area contributed by atoms with Gasteiger partial charge in [-0.2, -0.15) is 13.2 Å². The van der Waals surface area contributed by atoms with Gasteiger partial charge in [-0.15, -0.1) is 0 Å². The van der Waals surface area contributed by atoms with E-state index in [-0.39, 0.29) is 5.91 Å². The highest BCUT2D eigenvalue weighted by molar-refractivity contribution is 9.10.